The Hall–Kier alpha value is -0.0400. The molecule has 0 bridgehead atoms. The topological polar surface area (TPSA) is 20.2 Å². The van der Waals surface area contributed by atoms with Crippen molar-refractivity contribution in [2.45, 2.75) is 66.4 Å². The minimum atomic E-state index is -0.0617. The lowest BCUT2D eigenvalue weighted by Crippen LogP contribution is -2.37. The largest absolute Gasteiger partial charge is 0.393 e. The zero-order valence-corrected chi connectivity index (χ0v) is 11.1. The first-order valence-corrected chi connectivity index (χ1v) is 6.48. The number of rotatable bonds is 2. The van der Waals surface area contributed by atoms with Crippen LogP contribution in [-0.4, -0.2) is 11.2 Å². The van der Waals surface area contributed by atoms with Crippen molar-refractivity contribution in [2.24, 2.45) is 23.2 Å². The van der Waals surface area contributed by atoms with Gasteiger partial charge in [-0.25, -0.2) is 0 Å². The van der Waals surface area contributed by atoms with Gasteiger partial charge in [-0.1, -0.05) is 34.6 Å². The molecule has 1 nitrogen and oxygen atoms in total. The highest BCUT2D eigenvalue weighted by Crippen LogP contribution is 2.42. The molecule has 0 spiro atoms. The van der Waals surface area contributed by atoms with E-state index in [1.807, 2.05) is 0 Å². The summed E-state index contributed by atoms with van der Waals surface area (Å²) in [5, 5.41) is 10.1. The molecule has 0 heterocycles. The molecule has 1 aliphatic carbocycles. The summed E-state index contributed by atoms with van der Waals surface area (Å²) in [6.07, 6.45) is 4.74. The fourth-order valence-electron chi connectivity index (χ4n) is 3.05. The Kier molecular flexibility index (Phi) is 4.22. The van der Waals surface area contributed by atoms with Gasteiger partial charge in [0.05, 0.1) is 6.10 Å². The lowest BCUT2D eigenvalue weighted by molar-refractivity contribution is -0.0113. The quantitative estimate of drug-likeness (QED) is 0.737. The summed E-state index contributed by atoms with van der Waals surface area (Å²) in [5.74, 6) is 2.14. The van der Waals surface area contributed by atoms with Crippen LogP contribution in [0.4, 0.5) is 0 Å². The summed E-state index contributed by atoms with van der Waals surface area (Å²) >= 11 is 0. The number of hydrogen-bond acceptors (Lipinski definition) is 1. The van der Waals surface area contributed by atoms with Crippen molar-refractivity contribution < 1.29 is 5.11 Å². The lowest BCUT2D eigenvalue weighted by Gasteiger charge is -2.41. The Bertz CT molecular complexity index is 190. The molecule has 0 radical (unpaired) electrons. The number of hydrogen-bond donors (Lipinski definition) is 1. The van der Waals surface area contributed by atoms with Crippen molar-refractivity contribution in [3.05, 3.63) is 0 Å². The van der Waals surface area contributed by atoms with Crippen LogP contribution in [0.15, 0.2) is 0 Å². The number of aliphatic hydroxyl groups excluding tert-OH is 1. The van der Waals surface area contributed by atoms with Gasteiger partial charge in [0.2, 0.25) is 0 Å². The number of aliphatic hydroxyl groups is 1. The Labute approximate surface area is 95.3 Å². The molecule has 0 aromatic carbocycles. The van der Waals surface area contributed by atoms with Crippen molar-refractivity contribution in [3.8, 4) is 0 Å². The van der Waals surface area contributed by atoms with Gasteiger partial charge in [0.15, 0.2) is 0 Å². The maximum Gasteiger partial charge on any atom is 0.0573 e. The van der Waals surface area contributed by atoms with Crippen molar-refractivity contribution in [2.75, 3.05) is 0 Å². The highest BCUT2D eigenvalue weighted by molar-refractivity contribution is 4.87. The zero-order valence-electron chi connectivity index (χ0n) is 11.1. The highest BCUT2D eigenvalue weighted by Gasteiger charge is 2.36. The third-order valence-electron chi connectivity index (χ3n) is 3.84. The first-order valence-electron chi connectivity index (χ1n) is 6.48. The Morgan fingerprint density at radius 1 is 1.20 bits per heavy atom. The van der Waals surface area contributed by atoms with E-state index in [1.54, 1.807) is 0 Å². The average molecular weight is 212 g/mol. The second kappa shape index (κ2) is 4.86. The summed E-state index contributed by atoms with van der Waals surface area (Å²) in [7, 11) is 0. The summed E-state index contributed by atoms with van der Waals surface area (Å²) in [6.45, 7) is 11.4. The van der Waals surface area contributed by atoms with Gasteiger partial charge in [0.25, 0.3) is 0 Å². The van der Waals surface area contributed by atoms with Gasteiger partial charge in [-0.15, -0.1) is 0 Å². The van der Waals surface area contributed by atoms with E-state index >= 15 is 0 Å². The molecule has 0 aromatic heterocycles. The summed E-state index contributed by atoms with van der Waals surface area (Å²) in [4.78, 5) is 0. The molecule has 1 saturated carbocycles. The second-order valence-corrected chi connectivity index (χ2v) is 6.85. The van der Waals surface area contributed by atoms with Crippen molar-refractivity contribution >= 4 is 0 Å². The standard InChI is InChI=1S/C14H28O/c1-10(2)8-11-6-7-13(15)12(9-11)14(3,4)5/h10-13,15H,6-9H2,1-5H3. The van der Waals surface area contributed by atoms with Crippen LogP contribution >= 0.6 is 0 Å². The van der Waals surface area contributed by atoms with Crippen LogP contribution in [-0.2, 0) is 0 Å². The predicted molar refractivity (Wildman–Crippen MR) is 65.7 cm³/mol. The van der Waals surface area contributed by atoms with Gasteiger partial charge < -0.3 is 5.11 Å². The molecule has 3 atom stereocenters. The maximum absolute atomic E-state index is 10.1. The second-order valence-electron chi connectivity index (χ2n) is 6.85. The summed E-state index contributed by atoms with van der Waals surface area (Å²) in [5.41, 5.74) is 0.259. The maximum atomic E-state index is 10.1. The van der Waals surface area contributed by atoms with Crippen LogP contribution in [0.25, 0.3) is 0 Å². The van der Waals surface area contributed by atoms with E-state index in [-0.39, 0.29) is 11.5 Å². The SMILES string of the molecule is CC(C)CC1CCC(O)C(C(C)(C)C)C1. The summed E-state index contributed by atoms with van der Waals surface area (Å²) < 4.78 is 0. The van der Waals surface area contributed by atoms with Gasteiger partial charge in [0.1, 0.15) is 0 Å². The molecular formula is C14H28O. The molecule has 1 heteroatoms. The molecule has 0 aliphatic heterocycles. The van der Waals surface area contributed by atoms with Crippen molar-refractivity contribution in [1.82, 2.24) is 0 Å². The van der Waals surface area contributed by atoms with E-state index in [1.165, 1.54) is 19.3 Å². The van der Waals surface area contributed by atoms with Crippen LogP contribution in [0.1, 0.15) is 60.3 Å². The molecule has 1 rings (SSSR count). The normalized spacial score (nSPS) is 33.4. The smallest absolute Gasteiger partial charge is 0.0573 e. The van der Waals surface area contributed by atoms with Crippen LogP contribution in [0.5, 0.6) is 0 Å². The van der Waals surface area contributed by atoms with E-state index in [2.05, 4.69) is 34.6 Å². The molecule has 1 fully saturated rings. The van der Waals surface area contributed by atoms with Crippen molar-refractivity contribution in [1.29, 1.82) is 0 Å². The van der Waals surface area contributed by atoms with Gasteiger partial charge >= 0.3 is 0 Å². The minimum absolute atomic E-state index is 0.0617. The zero-order chi connectivity index (χ0) is 11.6. The third-order valence-corrected chi connectivity index (χ3v) is 3.84. The molecule has 1 N–H and O–H groups in total. The van der Waals surface area contributed by atoms with E-state index in [9.17, 15) is 5.11 Å². The Balaban J connectivity index is 2.56. The molecule has 0 amide bonds. The van der Waals surface area contributed by atoms with Crippen LogP contribution in [0.3, 0.4) is 0 Å². The molecule has 0 aromatic rings. The fourth-order valence-corrected chi connectivity index (χ4v) is 3.05. The van der Waals surface area contributed by atoms with Gasteiger partial charge in [-0.2, -0.15) is 0 Å². The van der Waals surface area contributed by atoms with Crippen LogP contribution < -0.4 is 0 Å². The van der Waals surface area contributed by atoms with Gasteiger partial charge in [-0.3, -0.25) is 0 Å². The van der Waals surface area contributed by atoms with Gasteiger partial charge in [-0.05, 0) is 48.9 Å². The van der Waals surface area contributed by atoms with E-state index in [0.717, 1.165) is 18.3 Å². The Morgan fingerprint density at radius 3 is 2.27 bits per heavy atom. The van der Waals surface area contributed by atoms with Crippen LogP contribution in [0, 0.1) is 23.2 Å². The third kappa shape index (κ3) is 3.79. The lowest BCUT2D eigenvalue weighted by atomic mass is 9.66. The van der Waals surface area contributed by atoms with E-state index in [4.69, 9.17) is 0 Å². The van der Waals surface area contributed by atoms with E-state index < -0.39 is 0 Å². The Morgan fingerprint density at radius 2 is 1.80 bits per heavy atom. The molecule has 15 heavy (non-hydrogen) atoms. The first-order chi connectivity index (χ1) is 6.80. The summed E-state index contributed by atoms with van der Waals surface area (Å²) in [6, 6.07) is 0. The average Bonchev–Trinajstić information content (AvgIpc) is 2.05. The monoisotopic (exact) mass is 212 g/mol. The molecule has 3 unspecified atom stereocenters. The molecule has 1 aliphatic rings. The highest BCUT2D eigenvalue weighted by atomic mass is 16.3. The molecular weight excluding hydrogens is 184 g/mol. The van der Waals surface area contributed by atoms with E-state index in [0.29, 0.717) is 5.92 Å². The van der Waals surface area contributed by atoms with Crippen LogP contribution in [0.2, 0.25) is 0 Å². The fraction of sp³-hybridized carbons (Fsp3) is 1.00. The molecule has 0 saturated heterocycles. The first kappa shape index (κ1) is 13.0. The van der Waals surface area contributed by atoms with Crippen molar-refractivity contribution in [3.63, 3.8) is 0 Å². The predicted octanol–water partition coefficient (Wildman–Crippen LogP) is 3.86. The minimum Gasteiger partial charge on any atom is -0.393 e. The molecule has 90 valence electrons. The van der Waals surface area contributed by atoms with Gasteiger partial charge in [0, 0.05) is 0 Å².